The van der Waals surface area contributed by atoms with Crippen LogP contribution in [0, 0.1) is 0 Å². The molecule has 2 aromatic rings. The van der Waals surface area contributed by atoms with Crippen LogP contribution in [-0.4, -0.2) is 43.7 Å². The lowest BCUT2D eigenvalue weighted by atomic mass is 10.0. The average molecular weight is 309 g/mol. The van der Waals surface area contributed by atoms with E-state index in [1.807, 2.05) is 32.1 Å². The molecule has 21 heavy (non-hydrogen) atoms. The number of hydrogen-bond acceptors (Lipinski definition) is 4. The molecular formula is C15H17ClN2O3. The van der Waals surface area contributed by atoms with Gasteiger partial charge in [0.2, 0.25) is 5.76 Å². The molecule has 1 N–H and O–H groups in total. The van der Waals surface area contributed by atoms with Crippen molar-refractivity contribution in [3.63, 3.8) is 0 Å². The Morgan fingerprint density at radius 3 is 2.76 bits per heavy atom. The number of carboxylic acids is 1. The van der Waals surface area contributed by atoms with E-state index in [1.165, 1.54) is 0 Å². The summed E-state index contributed by atoms with van der Waals surface area (Å²) in [5.74, 6) is -1.02. The smallest absolute Gasteiger partial charge is 0.372 e. The molecule has 0 saturated carbocycles. The van der Waals surface area contributed by atoms with Crippen molar-refractivity contribution in [3.8, 4) is 0 Å². The van der Waals surface area contributed by atoms with E-state index in [1.54, 1.807) is 0 Å². The highest BCUT2D eigenvalue weighted by atomic mass is 35.5. The Morgan fingerprint density at radius 1 is 1.43 bits per heavy atom. The zero-order valence-electron chi connectivity index (χ0n) is 12.2. The van der Waals surface area contributed by atoms with Crippen molar-refractivity contribution in [2.75, 3.05) is 32.6 Å². The Labute approximate surface area is 127 Å². The number of anilines is 1. The molecule has 0 spiro atoms. The molecule has 0 atom stereocenters. The van der Waals surface area contributed by atoms with E-state index in [4.69, 9.17) is 16.0 Å². The van der Waals surface area contributed by atoms with Gasteiger partial charge in [-0.25, -0.2) is 4.79 Å². The van der Waals surface area contributed by atoms with Crippen LogP contribution >= 0.6 is 11.6 Å². The zero-order valence-corrected chi connectivity index (χ0v) is 13.0. The van der Waals surface area contributed by atoms with Crippen molar-refractivity contribution in [2.45, 2.75) is 13.0 Å². The second-order valence-corrected chi connectivity index (χ2v) is 6.06. The number of hydrogen-bond donors (Lipinski definition) is 1. The highest BCUT2D eigenvalue weighted by Gasteiger charge is 2.28. The number of rotatable bonds is 2. The fourth-order valence-corrected chi connectivity index (χ4v) is 3.20. The van der Waals surface area contributed by atoms with Crippen molar-refractivity contribution in [2.24, 2.45) is 0 Å². The van der Waals surface area contributed by atoms with E-state index in [0.717, 1.165) is 35.2 Å². The second kappa shape index (κ2) is 4.93. The maximum Gasteiger partial charge on any atom is 0.372 e. The summed E-state index contributed by atoms with van der Waals surface area (Å²) in [5, 5.41) is 11.0. The molecular weight excluding hydrogens is 292 g/mol. The van der Waals surface area contributed by atoms with Gasteiger partial charge in [0.25, 0.3) is 0 Å². The Balaban J connectivity index is 2.43. The first-order chi connectivity index (χ1) is 9.90. The lowest BCUT2D eigenvalue weighted by Gasteiger charge is -2.15. The van der Waals surface area contributed by atoms with Crippen LogP contribution in [-0.2, 0) is 13.0 Å². The lowest BCUT2D eigenvalue weighted by Crippen LogP contribution is -2.19. The number of benzene rings is 1. The monoisotopic (exact) mass is 308 g/mol. The van der Waals surface area contributed by atoms with Gasteiger partial charge in [0.1, 0.15) is 0 Å². The summed E-state index contributed by atoms with van der Waals surface area (Å²) >= 11 is 6.43. The summed E-state index contributed by atoms with van der Waals surface area (Å²) in [5.41, 5.74) is 3.12. The van der Waals surface area contributed by atoms with Crippen molar-refractivity contribution in [1.82, 2.24) is 4.90 Å². The highest BCUT2D eigenvalue weighted by Crippen LogP contribution is 2.41. The summed E-state index contributed by atoms with van der Waals surface area (Å²) in [7, 11) is 5.75. The first-order valence-corrected chi connectivity index (χ1v) is 7.14. The first-order valence-electron chi connectivity index (χ1n) is 6.76. The van der Waals surface area contributed by atoms with Crippen LogP contribution in [0.3, 0.4) is 0 Å². The molecule has 2 heterocycles. The van der Waals surface area contributed by atoms with Crippen molar-refractivity contribution >= 4 is 34.2 Å². The van der Waals surface area contributed by atoms with Crippen molar-refractivity contribution in [1.29, 1.82) is 0 Å². The normalized spacial score (nSPS) is 15.2. The summed E-state index contributed by atoms with van der Waals surface area (Å²) in [6.07, 6.45) is 0.783. The van der Waals surface area contributed by atoms with Crippen molar-refractivity contribution < 1.29 is 14.3 Å². The minimum absolute atomic E-state index is 0.0189. The van der Waals surface area contributed by atoms with Gasteiger partial charge in [-0.2, -0.15) is 0 Å². The number of aromatic carboxylic acids is 1. The van der Waals surface area contributed by atoms with Crippen LogP contribution in [0.1, 0.15) is 21.7 Å². The van der Waals surface area contributed by atoms with Crippen LogP contribution < -0.4 is 4.90 Å². The lowest BCUT2D eigenvalue weighted by molar-refractivity contribution is 0.0662. The van der Waals surface area contributed by atoms with E-state index in [0.29, 0.717) is 17.2 Å². The van der Waals surface area contributed by atoms with Gasteiger partial charge in [0.05, 0.1) is 5.69 Å². The molecule has 0 radical (unpaired) electrons. The summed E-state index contributed by atoms with van der Waals surface area (Å²) in [6, 6.07) is 1.85. The van der Waals surface area contributed by atoms with Gasteiger partial charge in [-0.3, -0.25) is 0 Å². The first kappa shape index (κ1) is 14.2. The number of halogens is 1. The minimum atomic E-state index is -1.04. The number of furan rings is 1. The minimum Gasteiger partial charge on any atom is -0.475 e. The Kier molecular flexibility index (Phi) is 3.34. The van der Waals surface area contributed by atoms with Crippen LogP contribution in [0.15, 0.2) is 10.5 Å². The van der Waals surface area contributed by atoms with Gasteiger partial charge >= 0.3 is 5.97 Å². The van der Waals surface area contributed by atoms with E-state index < -0.39 is 5.97 Å². The summed E-state index contributed by atoms with van der Waals surface area (Å²) in [4.78, 5) is 15.5. The van der Waals surface area contributed by atoms with Crippen LogP contribution in [0.4, 0.5) is 5.69 Å². The van der Waals surface area contributed by atoms with Crippen LogP contribution in [0.25, 0.3) is 11.0 Å². The third kappa shape index (κ3) is 2.17. The molecule has 1 aromatic carbocycles. The van der Waals surface area contributed by atoms with Gasteiger partial charge in [-0.05, 0) is 25.1 Å². The predicted molar refractivity (Wildman–Crippen MR) is 82.5 cm³/mol. The summed E-state index contributed by atoms with van der Waals surface area (Å²) in [6.45, 7) is 1.39. The molecule has 112 valence electrons. The average Bonchev–Trinajstić information content (AvgIpc) is 2.66. The van der Waals surface area contributed by atoms with Crippen molar-refractivity contribution in [3.05, 3.63) is 28.0 Å². The molecule has 1 aliphatic rings. The molecule has 3 rings (SSSR count). The van der Waals surface area contributed by atoms with E-state index in [-0.39, 0.29) is 5.76 Å². The second-order valence-electron chi connectivity index (χ2n) is 5.66. The Bertz CT molecular complexity index is 736. The van der Waals surface area contributed by atoms with E-state index in [2.05, 4.69) is 4.90 Å². The van der Waals surface area contributed by atoms with Gasteiger partial charge in [0, 0.05) is 43.2 Å². The maximum absolute atomic E-state index is 11.5. The molecule has 0 unspecified atom stereocenters. The molecule has 1 aromatic heterocycles. The van der Waals surface area contributed by atoms with Gasteiger partial charge in [-0.15, -0.1) is 0 Å². The third-order valence-electron chi connectivity index (χ3n) is 3.94. The molecule has 6 heteroatoms. The molecule has 0 saturated heterocycles. The number of carbonyl (C=O) groups is 1. The Hall–Kier alpha value is -1.72. The quantitative estimate of drug-likeness (QED) is 0.924. The summed E-state index contributed by atoms with van der Waals surface area (Å²) < 4.78 is 5.70. The fraction of sp³-hybridized carbons (Fsp3) is 0.400. The fourth-order valence-electron chi connectivity index (χ4n) is 2.91. The largest absolute Gasteiger partial charge is 0.475 e. The topological polar surface area (TPSA) is 56.9 Å². The molecule has 0 amide bonds. The van der Waals surface area contributed by atoms with Crippen LogP contribution in [0.5, 0.6) is 0 Å². The molecule has 0 aliphatic carbocycles. The van der Waals surface area contributed by atoms with E-state index in [9.17, 15) is 9.90 Å². The maximum atomic E-state index is 11.5. The Morgan fingerprint density at radius 2 is 2.14 bits per heavy atom. The number of likely N-dealkylation sites (N-methyl/N-ethyl adjacent to an activating group) is 1. The van der Waals surface area contributed by atoms with Crippen LogP contribution in [0.2, 0.25) is 5.02 Å². The third-order valence-corrected chi connectivity index (χ3v) is 4.28. The predicted octanol–water partition coefficient (Wildman–Crippen LogP) is 2.84. The zero-order chi connectivity index (χ0) is 15.3. The standard InChI is InChI=1S/C15H17ClN2O3/c1-17(2)11-6-10(16)8-4-5-18(3)7-9-12(8)14(11)21-13(9)15(19)20/h6H,4-5,7H2,1-3H3,(H,19,20). The molecule has 0 bridgehead atoms. The molecule has 5 nitrogen and oxygen atoms in total. The number of carboxylic acid groups (broad SMARTS) is 1. The number of nitrogens with zero attached hydrogens (tertiary/aromatic N) is 2. The highest BCUT2D eigenvalue weighted by molar-refractivity contribution is 6.33. The molecule has 0 fully saturated rings. The van der Waals surface area contributed by atoms with Gasteiger partial charge in [0.15, 0.2) is 5.58 Å². The molecule has 1 aliphatic heterocycles. The van der Waals surface area contributed by atoms with Gasteiger partial charge < -0.3 is 19.3 Å². The van der Waals surface area contributed by atoms with E-state index >= 15 is 0 Å². The SMILES string of the molecule is CN1CCc2c(Cl)cc(N(C)C)c3oc(C(=O)O)c(c23)C1. The van der Waals surface area contributed by atoms with Gasteiger partial charge in [-0.1, -0.05) is 11.6 Å².